The molecule has 0 saturated carbocycles. The van der Waals surface area contributed by atoms with E-state index in [1.54, 1.807) is 0 Å². The average molecular weight is 202 g/mol. The lowest BCUT2D eigenvalue weighted by Crippen LogP contribution is -2.47. The molecule has 0 fully saturated rings. The summed E-state index contributed by atoms with van der Waals surface area (Å²) in [5.74, 6) is -1.45. The largest absolute Gasteiger partial charge is 0.480 e. The molecular weight excluding hydrogens is 184 g/mol. The second-order valence-corrected chi connectivity index (χ2v) is 3.32. The van der Waals surface area contributed by atoms with Crippen LogP contribution < -0.4 is 11.1 Å². The van der Waals surface area contributed by atoms with Gasteiger partial charge in [0.05, 0.1) is 6.04 Å². The summed E-state index contributed by atoms with van der Waals surface area (Å²) < 4.78 is 0. The molecule has 0 aromatic heterocycles. The maximum Gasteiger partial charge on any atom is 0.325 e. The van der Waals surface area contributed by atoms with E-state index in [4.69, 9.17) is 10.8 Å². The summed E-state index contributed by atoms with van der Waals surface area (Å²) in [4.78, 5) is 21.7. The summed E-state index contributed by atoms with van der Waals surface area (Å²) >= 11 is 0. The average Bonchev–Trinajstić information content (AvgIpc) is 2.13. The van der Waals surface area contributed by atoms with Gasteiger partial charge in [0.25, 0.3) is 0 Å². The normalized spacial score (nSPS) is 14.5. The first kappa shape index (κ1) is 12.9. The first-order valence-electron chi connectivity index (χ1n) is 4.77. The van der Waals surface area contributed by atoms with Crippen LogP contribution in [0, 0.1) is 0 Å². The third-order valence-electron chi connectivity index (χ3n) is 1.93. The van der Waals surface area contributed by atoms with Gasteiger partial charge in [-0.25, -0.2) is 0 Å². The molecule has 0 heterocycles. The van der Waals surface area contributed by atoms with Crippen molar-refractivity contribution in [3.8, 4) is 0 Å². The second-order valence-electron chi connectivity index (χ2n) is 3.32. The Labute approximate surface area is 83.7 Å². The summed E-state index contributed by atoms with van der Waals surface area (Å²) in [6.45, 7) is 3.41. The van der Waals surface area contributed by atoms with E-state index < -0.39 is 24.0 Å². The molecule has 0 bridgehead atoms. The van der Waals surface area contributed by atoms with Crippen LogP contribution in [0.2, 0.25) is 0 Å². The molecule has 0 aliphatic rings. The lowest BCUT2D eigenvalue weighted by Gasteiger charge is -2.14. The molecule has 0 spiro atoms. The van der Waals surface area contributed by atoms with Crippen LogP contribution in [0.3, 0.4) is 0 Å². The number of nitrogens with two attached hydrogens (primary N) is 1. The summed E-state index contributed by atoms with van der Waals surface area (Å²) in [7, 11) is 0. The Hall–Kier alpha value is -1.10. The summed E-state index contributed by atoms with van der Waals surface area (Å²) in [5.41, 5.74) is 5.55. The Balaban J connectivity index is 3.88. The van der Waals surface area contributed by atoms with Crippen molar-refractivity contribution in [2.75, 3.05) is 0 Å². The van der Waals surface area contributed by atoms with Crippen LogP contribution in [0.25, 0.3) is 0 Å². The van der Waals surface area contributed by atoms with Gasteiger partial charge in [-0.1, -0.05) is 19.8 Å². The zero-order valence-electron chi connectivity index (χ0n) is 8.62. The smallest absolute Gasteiger partial charge is 0.325 e. The molecule has 1 unspecified atom stereocenters. The molecule has 0 aromatic rings. The molecule has 0 radical (unpaired) electrons. The number of hydrogen-bond donors (Lipinski definition) is 3. The first-order chi connectivity index (χ1) is 6.49. The zero-order chi connectivity index (χ0) is 11.1. The molecule has 1 amide bonds. The molecule has 4 N–H and O–H groups in total. The molecule has 0 aliphatic carbocycles. The van der Waals surface area contributed by atoms with Crippen LogP contribution in [-0.2, 0) is 9.59 Å². The minimum absolute atomic E-state index is 0.395. The molecule has 14 heavy (non-hydrogen) atoms. The summed E-state index contributed by atoms with van der Waals surface area (Å²) in [6.07, 6.45) is 2.43. The Kier molecular flexibility index (Phi) is 5.87. The zero-order valence-corrected chi connectivity index (χ0v) is 8.62. The van der Waals surface area contributed by atoms with Crippen LogP contribution in [0.1, 0.15) is 33.1 Å². The van der Waals surface area contributed by atoms with E-state index in [2.05, 4.69) is 5.32 Å². The number of nitrogens with one attached hydrogen (secondary N) is 1. The Morgan fingerprint density at radius 1 is 1.50 bits per heavy atom. The van der Waals surface area contributed by atoms with Gasteiger partial charge in [-0.3, -0.25) is 9.59 Å². The van der Waals surface area contributed by atoms with Gasteiger partial charge >= 0.3 is 5.97 Å². The highest BCUT2D eigenvalue weighted by molar-refractivity contribution is 5.86. The van der Waals surface area contributed by atoms with E-state index in [9.17, 15) is 9.59 Å². The number of unbranched alkanes of at least 4 members (excludes halogenated alkanes) is 1. The van der Waals surface area contributed by atoms with Crippen molar-refractivity contribution in [3.05, 3.63) is 0 Å². The number of amides is 1. The fourth-order valence-corrected chi connectivity index (χ4v) is 0.937. The lowest BCUT2D eigenvalue weighted by atomic mass is 10.1. The minimum atomic E-state index is -1.05. The number of carbonyl (C=O) groups is 2. The second kappa shape index (κ2) is 6.37. The van der Waals surface area contributed by atoms with Gasteiger partial charge in [-0.15, -0.1) is 0 Å². The van der Waals surface area contributed by atoms with Crippen LogP contribution >= 0.6 is 0 Å². The Morgan fingerprint density at radius 2 is 2.07 bits per heavy atom. The maximum absolute atomic E-state index is 11.3. The molecular formula is C9H18N2O3. The fraction of sp³-hybridized carbons (Fsp3) is 0.778. The van der Waals surface area contributed by atoms with Gasteiger partial charge in [-0.05, 0) is 13.3 Å². The number of rotatable bonds is 6. The molecule has 0 aromatic carbocycles. The van der Waals surface area contributed by atoms with E-state index in [0.29, 0.717) is 6.42 Å². The van der Waals surface area contributed by atoms with Gasteiger partial charge in [0.2, 0.25) is 5.91 Å². The number of carboxylic acids is 1. The van der Waals surface area contributed by atoms with Crippen LogP contribution in [0.5, 0.6) is 0 Å². The third-order valence-corrected chi connectivity index (χ3v) is 1.93. The van der Waals surface area contributed by atoms with Gasteiger partial charge in [-0.2, -0.15) is 0 Å². The van der Waals surface area contributed by atoms with Crippen LogP contribution in [-0.4, -0.2) is 29.1 Å². The Bertz CT molecular complexity index is 206. The van der Waals surface area contributed by atoms with Crippen molar-refractivity contribution < 1.29 is 14.7 Å². The highest BCUT2D eigenvalue weighted by atomic mass is 16.4. The number of carboxylic acid groups (broad SMARTS) is 1. The van der Waals surface area contributed by atoms with Crippen LogP contribution in [0.4, 0.5) is 0 Å². The first-order valence-corrected chi connectivity index (χ1v) is 4.77. The number of carbonyl (C=O) groups excluding carboxylic acids is 1. The highest BCUT2D eigenvalue weighted by Gasteiger charge is 2.18. The van der Waals surface area contributed by atoms with Gasteiger partial charge < -0.3 is 16.2 Å². The number of hydrogen-bond acceptors (Lipinski definition) is 3. The monoisotopic (exact) mass is 202 g/mol. The summed E-state index contributed by atoms with van der Waals surface area (Å²) in [6, 6.07) is -1.48. The Morgan fingerprint density at radius 3 is 2.50 bits per heavy atom. The van der Waals surface area contributed by atoms with Crippen molar-refractivity contribution in [2.24, 2.45) is 5.73 Å². The molecule has 2 atom stereocenters. The fourth-order valence-electron chi connectivity index (χ4n) is 0.937. The van der Waals surface area contributed by atoms with Gasteiger partial charge in [0.1, 0.15) is 6.04 Å². The quantitative estimate of drug-likeness (QED) is 0.569. The highest BCUT2D eigenvalue weighted by Crippen LogP contribution is 1.98. The molecule has 5 heteroatoms. The third kappa shape index (κ3) is 4.81. The molecule has 0 aliphatic heterocycles. The van der Waals surface area contributed by atoms with E-state index >= 15 is 0 Å². The number of aliphatic carboxylic acids is 1. The van der Waals surface area contributed by atoms with E-state index in [1.165, 1.54) is 6.92 Å². The van der Waals surface area contributed by atoms with Crippen molar-refractivity contribution in [3.63, 3.8) is 0 Å². The molecule has 82 valence electrons. The van der Waals surface area contributed by atoms with E-state index in [0.717, 1.165) is 12.8 Å². The van der Waals surface area contributed by atoms with E-state index in [-0.39, 0.29) is 0 Å². The predicted octanol–water partition coefficient (Wildman–Crippen LogP) is 0.0932. The van der Waals surface area contributed by atoms with Crippen molar-refractivity contribution >= 4 is 11.9 Å². The van der Waals surface area contributed by atoms with E-state index in [1.807, 2.05) is 6.92 Å². The lowest BCUT2D eigenvalue weighted by molar-refractivity contribution is -0.141. The standard InChI is InChI=1S/C9H18N2O3/c1-3-4-5-7(10)8(12)11-6(2)9(13)14/h6-7H,3-5,10H2,1-2H3,(H,11,12)(H,13,14)/t6-,7?/m0/s1. The maximum atomic E-state index is 11.3. The topological polar surface area (TPSA) is 92.4 Å². The van der Waals surface area contributed by atoms with Crippen molar-refractivity contribution in [1.82, 2.24) is 5.32 Å². The summed E-state index contributed by atoms with van der Waals surface area (Å²) in [5, 5.41) is 10.9. The van der Waals surface area contributed by atoms with Crippen LogP contribution in [0.15, 0.2) is 0 Å². The minimum Gasteiger partial charge on any atom is -0.480 e. The van der Waals surface area contributed by atoms with Gasteiger partial charge in [0.15, 0.2) is 0 Å². The molecule has 0 rings (SSSR count). The SMILES string of the molecule is CCCCC(N)C(=O)N[C@@H](C)C(=O)O. The predicted molar refractivity (Wildman–Crippen MR) is 52.7 cm³/mol. The molecule has 5 nitrogen and oxygen atoms in total. The van der Waals surface area contributed by atoms with Gasteiger partial charge in [0, 0.05) is 0 Å². The molecule has 0 saturated heterocycles. The van der Waals surface area contributed by atoms with Crippen molar-refractivity contribution in [2.45, 2.75) is 45.2 Å². The van der Waals surface area contributed by atoms with Crippen molar-refractivity contribution in [1.29, 1.82) is 0 Å².